The van der Waals surface area contributed by atoms with Gasteiger partial charge in [-0.25, -0.2) is 0 Å². The number of ether oxygens (including phenoxy) is 1. The number of hydrogen-bond donors (Lipinski definition) is 0. The summed E-state index contributed by atoms with van der Waals surface area (Å²) in [7, 11) is 0. The molecular formula is C21H25NO. The Hall–Kier alpha value is -2.06. The summed E-state index contributed by atoms with van der Waals surface area (Å²) in [6.45, 7) is 4.25. The van der Waals surface area contributed by atoms with Gasteiger partial charge in [0, 0.05) is 6.54 Å². The van der Waals surface area contributed by atoms with E-state index in [2.05, 4.69) is 59.5 Å². The lowest BCUT2D eigenvalue weighted by molar-refractivity contribution is 0.183. The van der Waals surface area contributed by atoms with Crippen molar-refractivity contribution in [2.75, 3.05) is 26.2 Å². The molecule has 0 radical (unpaired) electrons. The van der Waals surface area contributed by atoms with E-state index in [4.69, 9.17) is 4.74 Å². The number of nitrogens with zero attached hydrogens (tertiary/aromatic N) is 1. The maximum absolute atomic E-state index is 5.93. The molecule has 0 aliphatic carbocycles. The van der Waals surface area contributed by atoms with Crippen LogP contribution < -0.4 is 4.74 Å². The van der Waals surface area contributed by atoms with Gasteiger partial charge >= 0.3 is 0 Å². The minimum atomic E-state index is 0.770. The predicted molar refractivity (Wildman–Crippen MR) is 97.6 cm³/mol. The number of hydrogen-bond acceptors (Lipinski definition) is 2. The van der Waals surface area contributed by atoms with Crippen LogP contribution in [0, 0.1) is 0 Å². The molecule has 0 saturated carbocycles. The first-order chi connectivity index (χ1) is 11.4. The van der Waals surface area contributed by atoms with Gasteiger partial charge in [-0.1, -0.05) is 61.0 Å². The van der Waals surface area contributed by atoms with E-state index in [0.717, 1.165) is 18.9 Å². The largest absolute Gasteiger partial charge is 0.492 e. The van der Waals surface area contributed by atoms with Gasteiger partial charge in [0.05, 0.1) is 0 Å². The van der Waals surface area contributed by atoms with Crippen LogP contribution in [0.15, 0.2) is 54.6 Å². The highest BCUT2D eigenvalue weighted by atomic mass is 16.5. The molecule has 2 aromatic carbocycles. The first kappa shape index (κ1) is 15.8. The Kier molecular flexibility index (Phi) is 5.87. The highest BCUT2D eigenvalue weighted by Crippen LogP contribution is 2.16. The van der Waals surface area contributed by atoms with Gasteiger partial charge in [-0.05, 0) is 49.2 Å². The van der Waals surface area contributed by atoms with Gasteiger partial charge in [0.1, 0.15) is 12.4 Å². The van der Waals surface area contributed by atoms with Crippen molar-refractivity contribution < 1.29 is 4.74 Å². The third-order valence-electron chi connectivity index (χ3n) is 4.25. The number of piperidine rings is 1. The number of likely N-dealkylation sites (tertiary alicyclic amines) is 1. The Morgan fingerprint density at radius 3 is 2.39 bits per heavy atom. The van der Waals surface area contributed by atoms with Gasteiger partial charge in [0.15, 0.2) is 0 Å². The van der Waals surface area contributed by atoms with E-state index in [1.165, 1.54) is 43.5 Å². The SMILES string of the molecule is C(=Cc1cccc(OCCN2CCCCC2)c1)c1ccccc1. The van der Waals surface area contributed by atoms with Crippen molar-refractivity contribution in [1.29, 1.82) is 0 Å². The molecule has 1 aliphatic rings. The predicted octanol–water partition coefficient (Wildman–Crippen LogP) is 4.72. The van der Waals surface area contributed by atoms with Crippen LogP contribution in [-0.4, -0.2) is 31.1 Å². The van der Waals surface area contributed by atoms with Crippen molar-refractivity contribution in [3.8, 4) is 5.75 Å². The van der Waals surface area contributed by atoms with Crippen molar-refractivity contribution in [2.24, 2.45) is 0 Å². The lowest BCUT2D eigenvalue weighted by Gasteiger charge is -2.26. The average Bonchev–Trinajstić information content (AvgIpc) is 2.62. The molecule has 0 N–H and O–H groups in total. The van der Waals surface area contributed by atoms with Crippen molar-refractivity contribution in [1.82, 2.24) is 4.90 Å². The van der Waals surface area contributed by atoms with Crippen LogP contribution in [0.25, 0.3) is 12.2 Å². The van der Waals surface area contributed by atoms with E-state index in [0.29, 0.717) is 0 Å². The molecule has 0 atom stereocenters. The van der Waals surface area contributed by atoms with Crippen molar-refractivity contribution in [2.45, 2.75) is 19.3 Å². The molecule has 1 aliphatic heterocycles. The molecule has 1 fully saturated rings. The summed E-state index contributed by atoms with van der Waals surface area (Å²) in [4.78, 5) is 2.50. The molecule has 23 heavy (non-hydrogen) atoms. The summed E-state index contributed by atoms with van der Waals surface area (Å²) in [6, 6.07) is 18.7. The monoisotopic (exact) mass is 307 g/mol. The van der Waals surface area contributed by atoms with E-state index in [1.807, 2.05) is 12.1 Å². The molecule has 0 bridgehead atoms. The fourth-order valence-corrected chi connectivity index (χ4v) is 2.94. The van der Waals surface area contributed by atoms with Crippen molar-refractivity contribution in [3.05, 3.63) is 65.7 Å². The maximum atomic E-state index is 5.93. The smallest absolute Gasteiger partial charge is 0.119 e. The van der Waals surface area contributed by atoms with Gasteiger partial charge in [-0.2, -0.15) is 0 Å². The van der Waals surface area contributed by atoms with Crippen LogP contribution >= 0.6 is 0 Å². The molecule has 0 unspecified atom stereocenters. The Morgan fingerprint density at radius 1 is 0.826 bits per heavy atom. The van der Waals surface area contributed by atoms with E-state index in [9.17, 15) is 0 Å². The summed E-state index contributed by atoms with van der Waals surface area (Å²) < 4.78 is 5.93. The normalized spacial score (nSPS) is 15.8. The van der Waals surface area contributed by atoms with Crippen LogP contribution in [0.2, 0.25) is 0 Å². The van der Waals surface area contributed by atoms with Gasteiger partial charge < -0.3 is 4.74 Å². The quantitative estimate of drug-likeness (QED) is 0.716. The summed E-state index contributed by atoms with van der Waals surface area (Å²) in [5.74, 6) is 0.956. The van der Waals surface area contributed by atoms with Gasteiger partial charge in [-0.15, -0.1) is 0 Å². The maximum Gasteiger partial charge on any atom is 0.119 e. The molecule has 3 rings (SSSR count). The van der Waals surface area contributed by atoms with Crippen molar-refractivity contribution >= 4 is 12.2 Å². The van der Waals surface area contributed by atoms with Crippen LogP contribution in [-0.2, 0) is 0 Å². The summed E-state index contributed by atoms with van der Waals surface area (Å²) in [6.07, 6.45) is 8.31. The van der Waals surface area contributed by atoms with Crippen LogP contribution in [0.1, 0.15) is 30.4 Å². The zero-order valence-corrected chi connectivity index (χ0v) is 13.7. The highest BCUT2D eigenvalue weighted by Gasteiger charge is 2.09. The Bertz CT molecular complexity index is 615. The number of rotatable bonds is 6. The highest BCUT2D eigenvalue weighted by molar-refractivity contribution is 5.70. The van der Waals surface area contributed by atoms with Crippen LogP contribution in [0.5, 0.6) is 5.75 Å². The molecule has 1 heterocycles. The first-order valence-electron chi connectivity index (χ1n) is 8.58. The molecule has 0 amide bonds. The lowest BCUT2D eigenvalue weighted by atomic mass is 10.1. The second-order valence-electron chi connectivity index (χ2n) is 6.07. The minimum Gasteiger partial charge on any atom is -0.492 e. The third-order valence-corrected chi connectivity index (χ3v) is 4.25. The Labute approximate surface area is 139 Å². The summed E-state index contributed by atoms with van der Waals surface area (Å²) >= 11 is 0. The third kappa shape index (κ3) is 5.26. The van der Waals surface area contributed by atoms with Gasteiger partial charge in [0.25, 0.3) is 0 Å². The fraction of sp³-hybridized carbons (Fsp3) is 0.333. The molecule has 0 aromatic heterocycles. The molecule has 0 spiro atoms. The second-order valence-corrected chi connectivity index (χ2v) is 6.07. The zero-order chi connectivity index (χ0) is 15.7. The second kappa shape index (κ2) is 8.54. The van der Waals surface area contributed by atoms with E-state index < -0.39 is 0 Å². The van der Waals surface area contributed by atoms with Gasteiger partial charge in [-0.3, -0.25) is 4.90 Å². The Balaban J connectivity index is 1.51. The van der Waals surface area contributed by atoms with E-state index in [-0.39, 0.29) is 0 Å². The number of benzene rings is 2. The summed E-state index contributed by atoms with van der Waals surface area (Å²) in [5.41, 5.74) is 2.38. The van der Waals surface area contributed by atoms with Crippen LogP contribution in [0.3, 0.4) is 0 Å². The first-order valence-corrected chi connectivity index (χ1v) is 8.58. The zero-order valence-electron chi connectivity index (χ0n) is 13.7. The lowest BCUT2D eigenvalue weighted by Crippen LogP contribution is -2.33. The van der Waals surface area contributed by atoms with E-state index >= 15 is 0 Å². The molecule has 2 heteroatoms. The fourth-order valence-electron chi connectivity index (χ4n) is 2.94. The summed E-state index contributed by atoms with van der Waals surface area (Å²) in [5, 5.41) is 0. The molecule has 2 nitrogen and oxygen atoms in total. The standard InChI is InChI=1S/C21H25NO/c1-3-8-19(9-4-1)12-13-20-10-7-11-21(18-20)23-17-16-22-14-5-2-6-15-22/h1,3-4,7-13,18H,2,5-6,14-17H2. The van der Waals surface area contributed by atoms with Crippen molar-refractivity contribution in [3.63, 3.8) is 0 Å². The minimum absolute atomic E-state index is 0.770. The van der Waals surface area contributed by atoms with Crippen LogP contribution in [0.4, 0.5) is 0 Å². The molecule has 120 valence electrons. The average molecular weight is 307 g/mol. The topological polar surface area (TPSA) is 12.5 Å². The van der Waals surface area contributed by atoms with Gasteiger partial charge in [0.2, 0.25) is 0 Å². The van der Waals surface area contributed by atoms with E-state index in [1.54, 1.807) is 0 Å². The molecule has 1 saturated heterocycles. The molecule has 2 aromatic rings. The Morgan fingerprint density at radius 2 is 1.57 bits per heavy atom. The molecular weight excluding hydrogens is 282 g/mol.